The van der Waals surface area contributed by atoms with Gasteiger partial charge in [0, 0.05) is 32.5 Å². The molecule has 1 heterocycles. The monoisotopic (exact) mass is 449 g/mol. The number of halogens is 4. The van der Waals surface area contributed by atoms with Gasteiger partial charge in [0.25, 0.3) is 0 Å². The first-order valence-electron chi connectivity index (χ1n) is 9.77. The van der Waals surface area contributed by atoms with Crippen LogP contribution in [0, 0.1) is 5.82 Å². The van der Waals surface area contributed by atoms with Gasteiger partial charge in [-0.15, -0.1) is 0 Å². The third-order valence-corrected chi connectivity index (χ3v) is 4.50. The molecule has 6 nitrogen and oxygen atoms in total. The van der Waals surface area contributed by atoms with Crippen LogP contribution in [0.1, 0.15) is 16.7 Å². The van der Waals surface area contributed by atoms with Crippen LogP contribution in [-0.4, -0.2) is 35.3 Å². The second-order valence-electron chi connectivity index (χ2n) is 6.96. The van der Waals surface area contributed by atoms with E-state index < -0.39 is 12.8 Å². The van der Waals surface area contributed by atoms with Gasteiger partial charge < -0.3 is 19.9 Å². The molecule has 0 spiro atoms. The minimum atomic E-state index is -4.33. The van der Waals surface area contributed by atoms with E-state index in [1.54, 1.807) is 54.3 Å². The molecule has 1 aromatic heterocycles. The molecule has 2 N–H and O–H groups in total. The summed E-state index contributed by atoms with van der Waals surface area (Å²) in [4.78, 5) is 8.06. The number of ether oxygens (including phenoxy) is 1. The smallest absolute Gasteiger partial charge is 0.367 e. The predicted molar refractivity (Wildman–Crippen MR) is 113 cm³/mol. The maximum Gasteiger partial charge on any atom is 0.411 e. The Morgan fingerprint density at radius 1 is 1.03 bits per heavy atom. The van der Waals surface area contributed by atoms with Crippen molar-refractivity contribution >= 4 is 5.96 Å². The Labute approximate surface area is 183 Å². The van der Waals surface area contributed by atoms with Gasteiger partial charge in [-0.1, -0.05) is 30.3 Å². The highest BCUT2D eigenvalue weighted by Crippen LogP contribution is 2.16. The summed E-state index contributed by atoms with van der Waals surface area (Å²) in [5, 5.41) is 6.26. The Morgan fingerprint density at radius 3 is 2.28 bits per heavy atom. The van der Waals surface area contributed by atoms with Crippen molar-refractivity contribution in [2.24, 2.45) is 4.99 Å². The highest BCUT2D eigenvalue weighted by atomic mass is 19.4. The van der Waals surface area contributed by atoms with Gasteiger partial charge in [-0.25, -0.2) is 9.37 Å². The second-order valence-corrected chi connectivity index (χ2v) is 6.96. The quantitative estimate of drug-likeness (QED) is 0.311. The van der Waals surface area contributed by atoms with E-state index in [4.69, 9.17) is 0 Å². The number of benzene rings is 2. The van der Waals surface area contributed by atoms with Gasteiger partial charge in [0.15, 0.2) is 5.96 Å². The Balaban J connectivity index is 1.46. The molecule has 170 valence electrons. The Bertz CT molecular complexity index is 1020. The van der Waals surface area contributed by atoms with Crippen LogP contribution in [0.15, 0.2) is 66.2 Å². The standard InChI is InChI=1S/C22H23F4N5O/c1-27-21(29-11-16-2-4-17(5-3-16)13-32-14-22(24,25)26)30-12-18-6-7-20(19(23)10-18)31-9-8-28-15-31/h2-10,15H,11-14H2,1H3,(H2,27,29,30). The van der Waals surface area contributed by atoms with Crippen molar-refractivity contribution in [3.05, 3.63) is 83.7 Å². The lowest BCUT2D eigenvalue weighted by Crippen LogP contribution is -2.36. The number of nitrogens with one attached hydrogen (secondary N) is 2. The zero-order chi connectivity index (χ0) is 23.0. The van der Waals surface area contributed by atoms with Crippen LogP contribution < -0.4 is 10.6 Å². The fraction of sp³-hybridized carbons (Fsp3) is 0.273. The maximum absolute atomic E-state index is 14.4. The zero-order valence-corrected chi connectivity index (χ0v) is 17.4. The number of rotatable bonds is 8. The van der Waals surface area contributed by atoms with E-state index in [-0.39, 0.29) is 12.4 Å². The minimum absolute atomic E-state index is 0.105. The Morgan fingerprint density at radius 2 is 1.69 bits per heavy atom. The molecule has 32 heavy (non-hydrogen) atoms. The van der Waals surface area contributed by atoms with E-state index in [0.717, 1.165) is 11.1 Å². The molecule has 0 saturated carbocycles. The zero-order valence-electron chi connectivity index (χ0n) is 17.4. The summed E-state index contributed by atoms with van der Waals surface area (Å²) in [6.45, 7) is -0.547. The van der Waals surface area contributed by atoms with Crippen molar-refractivity contribution in [3.63, 3.8) is 0 Å². The predicted octanol–water partition coefficient (Wildman–Crippen LogP) is 3.96. The molecule has 0 bridgehead atoms. The minimum Gasteiger partial charge on any atom is -0.367 e. The van der Waals surface area contributed by atoms with Gasteiger partial charge in [-0.2, -0.15) is 13.2 Å². The number of guanidine groups is 1. The van der Waals surface area contributed by atoms with Crippen molar-refractivity contribution in [2.75, 3.05) is 13.7 Å². The van der Waals surface area contributed by atoms with E-state index in [0.29, 0.717) is 30.3 Å². The van der Waals surface area contributed by atoms with Crippen molar-refractivity contribution < 1.29 is 22.3 Å². The summed E-state index contributed by atoms with van der Waals surface area (Å²) >= 11 is 0. The molecule has 10 heteroatoms. The normalized spacial score (nSPS) is 12.1. The SMILES string of the molecule is CN=C(NCc1ccc(COCC(F)(F)F)cc1)NCc1ccc(-n2ccnc2)c(F)c1. The Kier molecular flexibility index (Phi) is 7.82. The third kappa shape index (κ3) is 7.09. The summed E-state index contributed by atoms with van der Waals surface area (Å²) < 4.78 is 57.0. The lowest BCUT2D eigenvalue weighted by molar-refractivity contribution is -0.176. The van der Waals surface area contributed by atoms with E-state index in [2.05, 4.69) is 25.3 Å². The topological polar surface area (TPSA) is 63.5 Å². The lowest BCUT2D eigenvalue weighted by Gasteiger charge is -2.13. The van der Waals surface area contributed by atoms with Gasteiger partial charge in [-0.05, 0) is 28.8 Å². The van der Waals surface area contributed by atoms with Crippen molar-refractivity contribution in [3.8, 4) is 5.69 Å². The van der Waals surface area contributed by atoms with Crippen LogP contribution in [0.25, 0.3) is 5.69 Å². The van der Waals surface area contributed by atoms with E-state index >= 15 is 0 Å². The maximum atomic E-state index is 14.4. The molecule has 3 rings (SSSR count). The molecular formula is C22H23F4N5O. The third-order valence-electron chi connectivity index (χ3n) is 4.50. The van der Waals surface area contributed by atoms with Gasteiger partial charge >= 0.3 is 6.18 Å². The second kappa shape index (κ2) is 10.8. The first-order chi connectivity index (χ1) is 15.3. The number of aromatic nitrogens is 2. The molecule has 0 atom stereocenters. The molecule has 3 aromatic rings. The van der Waals surface area contributed by atoms with E-state index in [9.17, 15) is 17.6 Å². The molecular weight excluding hydrogens is 426 g/mol. The van der Waals surface area contributed by atoms with Gasteiger partial charge in [0.1, 0.15) is 12.4 Å². The average molecular weight is 449 g/mol. The summed E-state index contributed by atoms with van der Waals surface area (Å²) in [5.41, 5.74) is 2.74. The van der Waals surface area contributed by atoms with Crippen molar-refractivity contribution in [2.45, 2.75) is 25.9 Å². The van der Waals surface area contributed by atoms with Crippen LogP contribution in [-0.2, 0) is 24.4 Å². The van der Waals surface area contributed by atoms with Crippen LogP contribution in [0.3, 0.4) is 0 Å². The van der Waals surface area contributed by atoms with Crippen molar-refractivity contribution in [1.82, 2.24) is 20.2 Å². The van der Waals surface area contributed by atoms with Gasteiger partial charge in [-0.3, -0.25) is 4.99 Å². The largest absolute Gasteiger partial charge is 0.411 e. The van der Waals surface area contributed by atoms with E-state index in [1.807, 2.05) is 6.07 Å². The molecule has 0 aliphatic rings. The summed E-state index contributed by atoms with van der Waals surface area (Å²) in [6, 6.07) is 12.0. The highest BCUT2D eigenvalue weighted by molar-refractivity contribution is 5.79. The van der Waals surface area contributed by atoms with Crippen molar-refractivity contribution in [1.29, 1.82) is 0 Å². The van der Waals surface area contributed by atoms with Crippen LogP contribution in [0.4, 0.5) is 17.6 Å². The molecule has 2 aromatic carbocycles. The fourth-order valence-electron chi connectivity index (χ4n) is 2.90. The molecule has 0 fully saturated rings. The molecule has 0 unspecified atom stereocenters. The van der Waals surface area contributed by atoms with Gasteiger partial charge in [0.2, 0.25) is 0 Å². The number of nitrogens with zero attached hydrogens (tertiary/aromatic N) is 3. The average Bonchev–Trinajstić information content (AvgIpc) is 3.28. The first kappa shape index (κ1) is 23.3. The molecule has 0 amide bonds. The summed E-state index contributed by atoms with van der Waals surface area (Å²) in [5.74, 6) is 0.172. The van der Waals surface area contributed by atoms with Crippen LogP contribution >= 0.6 is 0 Å². The first-order valence-corrected chi connectivity index (χ1v) is 9.77. The summed E-state index contributed by atoms with van der Waals surface area (Å²) in [6.07, 6.45) is 0.453. The number of hydrogen-bond donors (Lipinski definition) is 2. The number of hydrogen-bond acceptors (Lipinski definition) is 3. The van der Waals surface area contributed by atoms with Crippen LogP contribution in [0.5, 0.6) is 0 Å². The number of imidazole rings is 1. The number of aliphatic imine (C=N–C) groups is 1. The highest BCUT2D eigenvalue weighted by Gasteiger charge is 2.27. The number of alkyl halides is 3. The molecule has 0 saturated heterocycles. The molecule has 0 aliphatic carbocycles. The van der Waals surface area contributed by atoms with Gasteiger partial charge in [0.05, 0.1) is 18.6 Å². The lowest BCUT2D eigenvalue weighted by atomic mass is 10.1. The summed E-state index contributed by atoms with van der Waals surface area (Å²) in [7, 11) is 1.62. The molecule has 0 radical (unpaired) electrons. The molecule has 0 aliphatic heterocycles. The Hall–Kier alpha value is -3.40. The fourth-order valence-corrected chi connectivity index (χ4v) is 2.90. The van der Waals surface area contributed by atoms with Crippen LogP contribution in [0.2, 0.25) is 0 Å². The van der Waals surface area contributed by atoms with E-state index in [1.165, 1.54) is 12.4 Å².